The number of ether oxygens (including phenoxy) is 2. The maximum atomic E-state index is 11.3. The minimum Gasteiger partial charge on any atom is -0.376 e. The maximum Gasteiger partial charge on any atom is 0.293 e. The third kappa shape index (κ3) is 4.47. The van der Waals surface area contributed by atoms with Gasteiger partial charge in [-0.15, -0.1) is 0 Å². The summed E-state index contributed by atoms with van der Waals surface area (Å²) < 4.78 is 11.7. The van der Waals surface area contributed by atoms with Gasteiger partial charge >= 0.3 is 0 Å². The molecule has 2 saturated heterocycles. The molecule has 2 aliphatic rings. The molecular formula is C18H23N3O4. The molecule has 0 radical (unpaired) electrons. The Labute approximate surface area is 147 Å². The van der Waals surface area contributed by atoms with Gasteiger partial charge in [0.2, 0.25) is 0 Å². The molecule has 0 N–H and O–H groups in total. The molecule has 1 unspecified atom stereocenters. The van der Waals surface area contributed by atoms with Gasteiger partial charge < -0.3 is 14.4 Å². The highest BCUT2D eigenvalue weighted by Gasteiger charge is 2.26. The molecule has 2 aliphatic heterocycles. The Morgan fingerprint density at radius 1 is 1.32 bits per heavy atom. The lowest BCUT2D eigenvalue weighted by molar-refractivity contribution is -0.384. The molecule has 1 aromatic carbocycles. The molecule has 0 aromatic heterocycles. The highest BCUT2D eigenvalue weighted by atomic mass is 16.6. The molecule has 1 atom stereocenters. The van der Waals surface area contributed by atoms with Crippen LogP contribution in [0, 0.1) is 21.4 Å². The van der Waals surface area contributed by atoms with Gasteiger partial charge in [0.1, 0.15) is 5.69 Å². The van der Waals surface area contributed by atoms with Gasteiger partial charge in [-0.1, -0.05) is 0 Å². The summed E-state index contributed by atoms with van der Waals surface area (Å²) in [6.45, 7) is 2.89. The lowest BCUT2D eigenvalue weighted by Crippen LogP contribution is -2.38. The molecule has 0 bridgehead atoms. The summed E-state index contributed by atoms with van der Waals surface area (Å²) in [6, 6.07) is 6.60. The number of hydrogen-bond acceptors (Lipinski definition) is 6. The lowest BCUT2D eigenvalue weighted by Gasteiger charge is -2.34. The van der Waals surface area contributed by atoms with Crippen molar-refractivity contribution in [2.24, 2.45) is 0 Å². The van der Waals surface area contributed by atoms with E-state index in [-0.39, 0.29) is 17.9 Å². The monoisotopic (exact) mass is 345 g/mol. The topological polar surface area (TPSA) is 88.6 Å². The Morgan fingerprint density at radius 2 is 2.12 bits per heavy atom. The van der Waals surface area contributed by atoms with Crippen LogP contribution in [0.4, 0.5) is 11.4 Å². The molecule has 0 aliphatic carbocycles. The zero-order valence-corrected chi connectivity index (χ0v) is 14.2. The van der Waals surface area contributed by atoms with E-state index in [1.165, 1.54) is 12.5 Å². The smallest absolute Gasteiger partial charge is 0.293 e. The number of benzene rings is 1. The van der Waals surface area contributed by atoms with Gasteiger partial charge in [0.25, 0.3) is 5.69 Å². The van der Waals surface area contributed by atoms with Crippen molar-refractivity contribution in [2.45, 2.75) is 44.3 Å². The van der Waals surface area contributed by atoms with Crippen LogP contribution in [0.2, 0.25) is 0 Å². The molecule has 0 amide bonds. The Kier molecular flexibility index (Phi) is 5.84. The molecule has 1 aromatic rings. The SMILES string of the molecule is N#Cc1ccc(N2CCC(OCC3CCCCO3)CC2)c([N+](=O)[O-])c1. The van der Waals surface area contributed by atoms with Crippen molar-refractivity contribution in [1.29, 1.82) is 5.26 Å². The number of nitrogens with zero attached hydrogens (tertiary/aromatic N) is 3. The molecule has 0 spiro atoms. The first-order valence-corrected chi connectivity index (χ1v) is 8.84. The first kappa shape index (κ1) is 17.6. The summed E-state index contributed by atoms with van der Waals surface area (Å²) >= 11 is 0. The Hall–Kier alpha value is -2.17. The van der Waals surface area contributed by atoms with Crippen molar-refractivity contribution in [3.63, 3.8) is 0 Å². The zero-order valence-electron chi connectivity index (χ0n) is 14.2. The molecule has 3 rings (SSSR count). The van der Waals surface area contributed by atoms with E-state index in [2.05, 4.69) is 0 Å². The predicted octanol–water partition coefficient (Wildman–Crippen LogP) is 3.02. The second-order valence-electron chi connectivity index (χ2n) is 6.58. The minimum atomic E-state index is -0.417. The van der Waals surface area contributed by atoms with Gasteiger partial charge in [0, 0.05) is 25.8 Å². The van der Waals surface area contributed by atoms with Crippen LogP contribution in [0.1, 0.15) is 37.7 Å². The van der Waals surface area contributed by atoms with Crippen LogP contribution in [0.25, 0.3) is 0 Å². The van der Waals surface area contributed by atoms with Crippen LogP contribution >= 0.6 is 0 Å². The fraction of sp³-hybridized carbons (Fsp3) is 0.611. The van der Waals surface area contributed by atoms with Crippen LogP contribution in [0.5, 0.6) is 0 Å². The molecular weight excluding hydrogens is 322 g/mol. The number of nitriles is 1. The number of nitro benzene ring substituents is 1. The Balaban J connectivity index is 1.55. The summed E-state index contributed by atoms with van der Waals surface area (Å²) in [5.74, 6) is 0. The van der Waals surface area contributed by atoms with Crippen LogP contribution < -0.4 is 4.90 Å². The average Bonchev–Trinajstić information content (AvgIpc) is 2.67. The highest BCUT2D eigenvalue weighted by Crippen LogP contribution is 2.31. The Morgan fingerprint density at radius 3 is 2.76 bits per heavy atom. The van der Waals surface area contributed by atoms with E-state index in [0.29, 0.717) is 30.9 Å². The van der Waals surface area contributed by atoms with Gasteiger partial charge in [-0.05, 0) is 44.2 Å². The van der Waals surface area contributed by atoms with Gasteiger partial charge in [-0.3, -0.25) is 10.1 Å². The molecule has 134 valence electrons. The van der Waals surface area contributed by atoms with E-state index >= 15 is 0 Å². The summed E-state index contributed by atoms with van der Waals surface area (Å²) in [7, 11) is 0. The second-order valence-corrected chi connectivity index (χ2v) is 6.58. The van der Waals surface area contributed by atoms with Gasteiger partial charge in [-0.25, -0.2) is 0 Å². The van der Waals surface area contributed by atoms with Crippen LogP contribution in [0.15, 0.2) is 18.2 Å². The third-order valence-corrected chi connectivity index (χ3v) is 4.88. The molecule has 25 heavy (non-hydrogen) atoms. The van der Waals surface area contributed by atoms with Crippen molar-refractivity contribution in [3.8, 4) is 6.07 Å². The van der Waals surface area contributed by atoms with Crippen LogP contribution in [-0.4, -0.2) is 43.4 Å². The third-order valence-electron chi connectivity index (χ3n) is 4.88. The van der Waals surface area contributed by atoms with Crippen molar-refractivity contribution >= 4 is 11.4 Å². The molecule has 2 heterocycles. The number of anilines is 1. The van der Waals surface area contributed by atoms with E-state index in [9.17, 15) is 10.1 Å². The van der Waals surface area contributed by atoms with E-state index in [1.807, 2.05) is 11.0 Å². The van der Waals surface area contributed by atoms with E-state index in [1.54, 1.807) is 12.1 Å². The van der Waals surface area contributed by atoms with Crippen LogP contribution in [0.3, 0.4) is 0 Å². The average molecular weight is 345 g/mol. The fourth-order valence-corrected chi connectivity index (χ4v) is 3.45. The number of rotatable bonds is 5. The normalized spacial score (nSPS) is 21.7. The predicted molar refractivity (Wildman–Crippen MR) is 92.6 cm³/mol. The molecule has 0 saturated carbocycles. The summed E-state index contributed by atoms with van der Waals surface area (Å²) in [4.78, 5) is 12.9. The standard InChI is InChI=1S/C18H23N3O4/c19-12-14-4-5-17(18(11-14)21(22)23)20-8-6-15(7-9-20)25-13-16-3-1-2-10-24-16/h4-5,11,15-16H,1-3,6-10,13H2. The van der Waals surface area contributed by atoms with Crippen LogP contribution in [-0.2, 0) is 9.47 Å². The first-order valence-electron chi connectivity index (χ1n) is 8.84. The fourth-order valence-electron chi connectivity index (χ4n) is 3.45. The molecule has 7 nitrogen and oxygen atoms in total. The van der Waals surface area contributed by atoms with E-state index < -0.39 is 4.92 Å². The van der Waals surface area contributed by atoms with E-state index in [0.717, 1.165) is 32.3 Å². The quantitative estimate of drug-likeness (QED) is 0.602. The lowest BCUT2D eigenvalue weighted by atomic mass is 10.1. The van der Waals surface area contributed by atoms with Crippen molar-refractivity contribution in [1.82, 2.24) is 0 Å². The number of piperidine rings is 1. The molecule has 2 fully saturated rings. The number of nitro groups is 1. The summed E-state index contributed by atoms with van der Waals surface area (Å²) in [5, 5.41) is 20.2. The second kappa shape index (κ2) is 8.28. The van der Waals surface area contributed by atoms with Crippen molar-refractivity contribution in [3.05, 3.63) is 33.9 Å². The first-order chi connectivity index (χ1) is 12.2. The maximum absolute atomic E-state index is 11.3. The summed E-state index contributed by atoms with van der Waals surface area (Å²) in [5.41, 5.74) is 0.883. The van der Waals surface area contributed by atoms with Crippen molar-refractivity contribution < 1.29 is 14.4 Å². The largest absolute Gasteiger partial charge is 0.376 e. The van der Waals surface area contributed by atoms with Crippen molar-refractivity contribution in [2.75, 3.05) is 31.2 Å². The Bertz CT molecular complexity index is 644. The highest BCUT2D eigenvalue weighted by molar-refractivity contribution is 5.65. The van der Waals surface area contributed by atoms with Gasteiger partial charge in [-0.2, -0.15) is 5.26 Å². The summed E-state index contributed by atoms with van der Waals surface area (Å²) in [6.07, 6.45) is 5.47. The van der Waals surface area contributed by atoms with Gasteiger partial charge in [0.15, 0.2) is 0 Å². The van der Waals surface area contributed by atoms with E-state index in [4.69, 9.17) is 14.7 Å². The number of hydrogen-bond donors (Lipinski definition) is 0. The minimum absolute atomic E-state index is 0.00553. The zero-order chi connectivity index (χ0) is 17.6. The molecule has 7 heteroatoms. The van der Waals surface area contributed by atoms with Gasteiger partial charge in [0.05, 0.1) is 35.4 Å².